The summed E-state index contributed by atoms with van der Waals surface area (Å²) in [5.74, 6) is -1.45. The summed E-state index contributed by atoms with van der Waals surface area (Å²) in [4.78, 5) is 30.6. The predicted molar refractivity (Wildman–Crippen MR) is 56.2 cm³/mol. The van der Waals surface area contributed by atoms with Gasteiger partial charge in [0.2, 0.25) is 0 Å². The van der Waals surface area contributed by atoms with E-state index in [9.17, 15) is 14.7 Å². The normalized spacial score (nSPS) is 7.90. The first-order chi connectivity index (χ1) is 8.81. The molecule has 0 saturated carbocycles. The molecule has 0 heterocycles. The van der Waals surface area contributed by atoms with Crippen LogP contribution in [0.5, 0.6) is 5.75 Å². The number of methoxy groups -OCH3 is 2. The first kappa shape index (κ1) is 26.4. The van der Waals surface area contributed by atoms with Gasteiger partial charge in [0, 0.05) is 0 Å². The molecule has 0 spiro atoms. The molecule has 10 heteroatoms. The Hall–Kier alpha value is 0.503. The van der Waals surface area contributed by atoms with Crippen molar-refractivity contribution in [3.63, 3.8) is 0 Å². The first-order valence-corrected chi connectivity index (χ1v) is 4.70. The summed E-state index contributed by atoms with van der Waals surface area (Å²) in [7, 11) is 2.42. The van der Waals surface area contributed by atoms with Crippen LogP contribution >= 0.6 is 0 Å². The van der Waals surface area contributed by atoms with Crippen molar-refractivity contribution in [1.82, 2.24) is 0 Å². The van der Waals surface area contributed by atoms with E-state index >= 15 is 0 Å². The zero-order valence-corrected chi connectivity index (χ0v) is 18.3. The van der Waals surface area contributed by atoms with Gasteiger partial charge in [-0.25, -0.2) is 9.59 Å². The van der Waals surface area contributed by atoms with Gasteiger partial charge < -0.3 is 29.6 Å². The van der Waals surface area contributed by atoms with Crippen LogP contribution in [0.1, 0.15) is 20.7 Å². The summed E-state index contributed by atoms with van der Waals surface area (Å²) >= 11 is 0. The van der Waals surface area contributed by atoms with Gasteiger partial charge >= 0.3 is 115 Å². The van der Waals surface area contributed by atoms with Gasteiger partial charge in [-0.05, 0) is 24.4 Å². The largest absolute Gasteiger partial charge is 1.00 e. The van der Waals surface area contributed by atoms with Gasteiger partial charge in [0.25, 0.3) is 0 Å². The van der Waals surface area contributed by atoms with E-state index in [1.165, 1.54) is 32.4 Å². The van der Waals surface area contributed by atoms with Crippen LogP contribution in [0.15, 0.2) is 18.2 Å². The second kappa shape index (κ2) is 14.1. The molecule has 0 radical (unpaired) electrons. The van der Waals surface area contributed by atoms with Gasteiger partial charge in [-0.3, -0.25) is 0 Å². The molecular formula is C11H10K2O8. The molecule has 0 unspecified atom stereocenters. The number of rotatable bonds is 2. The number of carbonyl (C=O) groups excluding carboxylic acids is 3. The van der Waals surface area contributed by atoms with E-state index in [0.29, 0.717) is 0 Å². The molecule has 1 N–H and O–H groups in total. The number of carbonyl (C=O) groups is 3. The van der Waals surface area contributed by atoms with E-state index in [-0.39, 0.29) is 120 Å². The molecule has 1 aromatic rings. The molecule has 1 aromatic carbocycles. The molecule has 0 aromatic heterocycles. The minimum atomic E-state index is -2.33. The number of hydrogen-bond acceptors (Lipinski definition) is 8. The Morgan fingerprint density at radius 2 is 1.19 bits per heavy atom. The topological polar surface area (TPSA) is 136 Å². The summed E-state index contributed by atoms with van der Waals surface area (Å²) < 4.78 is 8.91. The van der Waals surface area contributed by atoms with Gasteiger partial charge in [-0.2, -0.15) is 0 Å². The standard InChI is InChI=1S/C10H10O5.CH2O3.2K/c1-14-9(12)6-3-7(10(13)15-2)5-8(11)4-6;2-1(3)4;;/h3-5,11H,1-2H3;(H2,2,3,4);;/q;;2*+1/p-2. The summed E-state index contributed by atoms with van der Waals surface area (Å²) in [6.45, 7) is 0. The number of benzene rings is 1. The number of aromatic hydroxyl groups is 1. The summed E-state index contributed by atoms with van der Waals surface area (Å²) in [5.41, 5.74) is 0.191. The Kier molecular flexibility index (Phi) is 17.7. The Labute approximate surface area is 205 Å². The molecule has 8 nitrogen and oxygen atoms in total. The SMILES string of the molecule is COC(=O)c1cc(O)cc(C(=O)OC)c1.O=C([O-])[O-].[K+].[K+]. The predicted octanol–water partition coefficient (Wildman–Crippen LogP) is -7.47. The zero-order valence-electron chi connectivity index (χ0n) is 12.0. The number of ether oxygens (including phenoxy) is 2. The number of esters is 2. The third kappa shape index (κ3) is 11.7. The fraction of sp³-hybridized carbons (Fsp3) is 0.182. The van der Waals surface area contributed by atoms with E-state index in [4.69, 9.17) is 15.0 Å². The maximum Gasteiger partial charge on any atom is 1.00 e. The van der Waals surface area contributed by atoms with Gasteiger partial charge in [0.05, 0.1) is 25.3 Å². The van der Waals surface area contributed by atoms with Crippen LogP contribution in [0, 0.1) is 0 Å². The fourth-order valence-electron chi connectivity index (χ4n) is 1.08. The monoisotopic (exact) mass is 348 g/mol. The number of carboxylic acid groups (broad SMARTS) is 2. The van der Waals surface area contributed by atoms with Crippen molar-refractivity contribution < 1.29 is 142 Å². The number of phenols is 1. The van der Waals surface area contributed by atoms with Gasteiger partial charge in [0.1, 0.15) is 5.75 Å². The molecule has 0 aliphatic heterocycles. The second-order valence-corrected chi connectivity index (χ2v) is 3.00. The van der Waals surface area contributed by atoms with E-state index in [1.54, 1.807) is 0 Å². The van der Waals surface area contributed by atoms with Crippen molar-refractivity contribution in [1.29, 1.82) is 0 Å². The molecule has 0 saturated heterocycles. The van der Waals surface area contributed by atoms with Crippen molar-refractivity contribution in [2.45, 2.75) is 0 Å². The average Bonchev–Trinajstić information content (AvgIpc) is 2.35. The minimum Gasteiger partial charge on any atom is -0.652 e. The number of hydrogen-bond donors (Lipinski definition) is 1. The van der Waals surface area contributed by atoms with E-state index < -0.39 is 18.1 Å². The van der Waals surface area contributed by atoms with Crippen LogP contribution in [-0.2, 0) is 9.47 Å². The molecule has 104 valence electrons. The Balaban J connectivity index is -0.000000482. The number of phenolic OH excluding ortho intramolecular Hbond substituents is 1. The molecule has 1 rings (SSSR count). The van der Waals surface area contributed by atoms with Crippen molar-refractivity contribution in [3.05, 3.63) is 29.3 Å². The summed E-state index contributed by atoms with van der Waals surface area (Å²) in [6.07, 6.45) is -2.33. The zero-order chi connectivity index (χ0) is 15.0. The van der Waals surface area contributed by atoms with E-state index in [2.05, 4.69) is 9.47 Å². The van der Waals surface area contributed by atoms with Crippen LogP contribution in [-0.4, -0.2) is 37.4 Å². The Morgan fingerprint density at radius 3 is 1.43 bits per heavy atom. The second-order valence-electron chi connectivity index (χ2n) is 3.00. The minimum absolute atomic E-state index is 0. The van der Waals surface area contributed by atoms with Crippen LogP contribution in [0.4, 0.5) is 4.79 Å². The van der Waals surface area contributed by atoms with Crippen molar-refractivity contribution in [3.8, 4) is 5.75 Å². The van der Waals surface area contributed by atoms with Crippen molar-refractivity contribution >= 4 is 18.1 Å². The molecule has 0 bridgehead atoms. The molecule has 0 fully saturated rings. The molecule has 0 aliphatic rings. The average molecular weight is 348 g/mol. The van der Waals surface area contributed by atoms with Gasteiger partial charge in [0.15, 0.2) is 0 Å². The van der Waals surface area contributed by atoms with Crippen molar-refractivity contribution in [2.24, 2.45) is 0 Å². The Morgan fingerprint density at radius 1 is 0.905 bits per heavy atom. The quantitative estimate of drug-likeness (QED) is 0.411. The fourth-order valence-corrected chi connectivity index (χ4v) is 1.08. The maximum atomic E-state index is 11.1. The molecule has 0 atom stereocenters. The maximum absolute atomic E-state index is 11.1. The summed E-state index contributed by atoms with van der Waals surface area (Å²) in [6, 6.07) is 3.70. The Bertz CT molecular complexity index is 451. The van der Waals surface area contributed by atoms with E-state index in [0.717, 1.165) is 0 Å². The third-order valence-electron chi connectivity index (χ3n) is 1.76. The van der Waals surface area contributed by atoms with Gasteiger partial charge in [-0.1, -0.05) is 0 Å². The molecule has 0 aliphatic carbocycles. The van der Waals surface area contributed by atoms with Crippen LogP contribution in [0.3, 0.4) is 0 Å². The van der Waals surface area contributed by atoms with Crippen molar-refractivity contribution in [2.75, 3.05) is 14.2 Å². The molecule has 0 amide bonds. The van der Waals surface area contributed by atoms with Crippen LogP contribution < -0.4 is 113 Å². The smallest absolute Gasteiger partial charge is 0.652 e. The van der Waals surface area contributed by atoms with Gasteiger partial charge in [-0.15, -0.1) is 0 Å². The summed E-state index contributed by atoms with van der Waals surface area (Å²) in [5, 5.41) is 25.9. The molecule has 21 heavy (non-hydrogen) atoms. The van der Waals surface area contributed by atoms with Crippen LogP contribution in [0.25, 0.3) is 0 Å². The third-order valence-corrected chi connectivity index (χ3v) is 1.76. The first-order valence-electron chi connectivity index (χ1n) is 4.70. The van der Waals surface area contributed by atoms with Crippen LogP contribution in [0.2, 0.25) is 0 Å². The molecular weight excluding hydrogens is 338 g/mol. The van der Waals surface area contributed by atoms with E-state index in [1.807, 2.05) is 0 Å².